The number of hydrogen-bond acceptors (Lipinski definition) is 3. The van der Waals surface area contributed by atoms with Crippen LogP contribution in [-0.4, -0.2) is 11.3 Å². The Morgan fingerprint density at radius 3 is 2.38 bits per heavy atom. The van der Waals surface area contributed by atoms with Gasteiger partial charge in [0.05, 0.1) is 5.56 Å². The number of carbonyl (C=O) groups is 1. The molecule has 3 nitrogen and oxygen atoms in total. The van der Waals surface area contributed by atoms with Crippen LogP contribution in [0.1, 0.15) is 36.8 Å². The second kappa shape index (κ2) is 3.17. The molecule has 0 spiro atoms. The average Bonchev–Trinajstić information content (AvgIpc) is 2.02. The molecule has 2 N–H and O–H groups in total. The van der Waals surface area contributed by atoms with Gasteiger partial charge in [-0.3, -0.25) is 4.79 Å². The fraction of sp³-hybridized carbons (Fsp3) is 0.400. The first kappa shape index (κ1) is 9.71. The van der Waals surface area contributed by atoms with Gasteiger partial charge in [0.1, 0.15) is 5.82 Å². The molecule has 1 heterocycles. The molecule has 0 aliphatic heterocycles. The molecular weight excluding hydrogens is 164 g/mol. The number of rotatable bonds is 1. The number of hydrogen-bond donors (Lipinski definition) is 1. The largest absolute Gasteiger partial charge is 0.383 e. The van der Waals surface area contributed by atoms with Crippen molar-refractivity contribution in [3.8, 4) is 0 Å². The number of anilines is 1. The number of pyridine rings is 1. The van der Waals surface area contributed by atoms with Crippen molar-refractivity contribution in [2.45, 2.75) is 26.2 Å². The molecule has 0 amide bonds. The predicted octanol–water partition coefficient (Wildman–Crippen LogP) is 1.77. The molecule has 13 heavy (non-hydrogen) atoms. The van der Waals surface area contributed by atoms with Crippen molar-refractivity contribution >= 4 is 12.1 Å². The number of carbonyl (C=O) groups excluding carboxylic acids is 1. The van der Waals surface area contributed by atoms with Crippen LogP contribution < -0.4 is 5.73 Å². The second-order valence-corrected chi connectivity index (χ2v) is 4.04. The van der Waals surface area contributed by atoms with E-state index in [1.165, 1.54) is 0 Å². The Hall–Kier alpha value is -1.38. The second-order valence-electron chi connectivity index (χ2n) is 4.04. The summed E-state index contributed by atoms with van der Waals surface area (Å²) in [7, 11) is 0. The van der Waals surface area contributed by atoms with E-state index in [0.29, 0.717) is 11.4 Å². The topological polar surface area (TPSA) is 56.0 Å². The number of aromatic nitrogens is 1. The van der Waals surface area contributed by atoms with Gasteiger partial charge in [-0.05, 0) is 12.1 Å². The summed E-state index contributed by atoms with van der Waals surface area (Å²) in [5.41, 5.74) is 6.90. The van der Waals surface area contributed by atoms with Crippen LogP contribution >= 0.6 is 0 Å². The molecule has 0 aliphatic rings. The first-order valence-electron chi connectivity index (χ1n) is 4.17. The maximum Gasteiger partial charge on any atom is 0.153 e. The third kappa shape index (κ3) is 2.05. The number of nitrogens with zero attached hydrogens (tertiary/aromatic N) is 1. The first-order valence-corrected chi connectivity index (χ1v) is 4.17. The number of aldehydes is 1. The zero-order chi connectivity index (χ0) is 10.1. The Labute approximate surface area is 78.0 Å². The Balaban J connectivity index is 3.17. The van der Waals surface area contributed by atoms with Crippen molar-refractivity contribution in [3.63, 3.8) is 0 Å². The standard InChI is InChI=1S/C10H14N2O/c1-10(2,3)8-5-4-7(6-13)9(11)12-8/h4-6H,1-3H3,(H2,11,12). The van der Waals surface area contributed by atoms with Crippen molar-refractivity contribution in [2.75, 3.05) is 5.73 Å². The van der Waals surface area contributed by atoms with Gasteiger partial charge in [-0.25, -0.2) is 4.98 Å². The maximum absolute atomic E-state index is 10.5. The Morgan fingerprint density at radius 2 is 2.00 bits per heavy atom. The van der Waals surface area contributed by atoms with Gasteiger partial charge in [-0.1, -0.05) is 20.8 Å². The van der Waals surface area contributed by atoms with Crippen molar-refractivity contribution in [1.82, 2.24) is 4.98 Å². The molecule has 0 radical (unpaired) electrons. The molecule has 0 atom stereocenters. The molecule has 0 saturated carbocycles. The van der Waals surface area contributed by atoms with Crippen molar-refractivity contribution in [2.24, 2.45) is 0 Å². The number of nitrogens with two attached hydrogens (primary N) is 1. The summed E-state index contributed by atoms with van der Waals surface area (Å²) in [4.78, 5) is 14.6. The SMILES string of the molecule is CC(C)(C)c1ccc(C=O)c(N)n1. The minimum Gasteiger partial charge on any atom is -0.383 e. The zero-order valence-electron chi connectivity index (χ0n) is 8.16. The van der Waals surface area contributed by atoms with Gasteiger partial charge in [0.2, 0.25) is 0 Å². The molecule has 0 aromatic carbocycles. The van der Waals surface area contributed by atoms with E-state index in [4.69, 9.17) is 5.73 Å². The molecule has 0 saturated heterocycles. The van der Waals surface area contributed by atoms with Crippen LogP contribution in [0.25, 0.3) is 0 Å². The van der Waals surface area contributed by atoms with E-state index in [1.54, 1.807) is 6.07 Å². The van der Waals surface area contributed by atoms with Crippen LogP contribution in [0.3, 0.4) is 0 Å². The first-order chi connectivity index (χ1) is 5.95. The average molecular weight is 178 g/mol. The van der Waals surface area contributed by atoms with Gasteiger partial charge in [0.15, 0.2) is 6.29 Å². The summed E-state index contributed by atoms with van der Waals surface area (Å²) in [5, 5.41) is 0. The van der Waals surface area contributed by atoms with Gasteiger partial charge < -0.3 is 5.73 Å². The molecule has 3 heteroatoms. The summed E-state index contributed by atoms with van der Waals surface area (Å²) in [6.45, 7) is 6.15. The van der Waals surface area contributed by atoms with Crippen LogP contribution in [0.5, 0.6) is 0 Å². The van der Waals surface area contributed by atoms with E-state index in [0.717, 1.165) is 12.0 Å². The summed E-state index contributed by atoms with van der Waals surface area (Å²) >= 11 is 0. The smallest absolute Gasteiger partial charge is 0.153 e. The lowest BCUT2D eigenvalue weighted by molar-refractivity contribution is 0.112. The Bertz CT molecular complexity index is 326. The maximum atomic E-state index is 10.5. The highest BCUT2D eigenvalue weighted by molar-refractivity contribution is 5.81. The van der Waals surface area contributed by atoms with Gasteiger partial charge in [0, 0.05) is 11.1 Å². The van der Waals surface area contributed by atoms with E-state index in [2.05, 4.69) is 25.8 Å². The predicted molar refractivity (Wildman–Crippen MR) is 52.7 cm³/mol. The molecule has 1 rings (SSSR count). The molecule has 1 aromatic rings. The van der Waals surface area contributed by atoms with Crippen LogP contribution in [0, 0.1) is 0 Å². The van der Waals surface area contributed by atoms with Crippen molar-refractivity contribution < 1.29 is 4.79 Å². The van der Waals surface area contributed by atoms with Crippen LogP contribution in [0.2, 0.25) is 0 Å². The molecule has 0 bridgehead atoms. The zero-order valence-corrected chi connectivity index (χ0v) is 8.16. The number of nitrogen functional groups attached to an aromatic ring is 1. The Morgan fingerprint density at radius 1 is 1.38 bits per heavy atom. The molecule has 1 aromatic heterocycles. The van der Waals surface area contributed by atoms with Gasteiger partial charge in [-0.2, -0.15) is 0 Å². The highest BCUT2D eigenvalue weighted by atomic mass is 16.1. The van der Waals surface area contributed by atoms with Crippen molar-refractivity contribution in [1.29, 1.82) is 0 Å². The Kier molecular flexibility index (Phi) is 2.36. The summed E-state index contributed by atoms with van der Waals surface area (Å²) in [5.74, 6) is 0.308. The molecule has 0 unspecified atom stereocenters. The molecular formula is C10H14N2O. The van der Waals surface area contributed by atoms with E-state index in [-0.39, 0.29) is 5.41 Å². The lowest BCUT2D eigenvalue weighted by Crippen LogP contribution is -2.15. The van der Waals surface area contributed by atoms with Crippen molar-refractivity contribution in [3.05, 3.63) is 23.4 Å². The summed E-state index contributed by atoms with van der Waals surface area (Å²) < 4.78 is 0. The van der Waals surface area contributed by atoms with Crippen LogP contribution in [0.4, 0.5) is 5.82 Å². The van der Waals surface area contributed by atoms with E-state index >= 15 is 0 Å². The quantitative estimate of drug-likeness (QED) is 0.667. The van der Waals surface area contributed by atoms with E-state index in [9.17, 15) is 4.79 Å². The monoisotopic (exact) mass is 178 g/mol. The van der Waals surface area contributed by atoms with Gasteiger partial charge in [0.25, 0.3) is 0 Å². The highest BCUT2D eigenvalue weighted by Crippen LogP contribution is 2.21. The fourth-order valence-electron chi connectivity index (χ4n) is 1.00. The lowest BCUT2D eigenvalue weighted by atomic mass is 9.91. The summed E-state index contributed by atoms with van der Waals surface area (Å²) in [6.07, 6.45) is 0.717. The van der Waals surface area contributed by atoms with Crippen LogP contribution in [-0.2, 0) is 5.41 Å². The van der Waals surface area contributed by atoms with Crippen LogP contribution in [0.15, 0.2) is 12.1 Å². The molecule has 0 fully saturated rings. The lowest BCUT2D eigenvalue weighted by Gasteiger charge is -2.17. The minimum absolute atomic E-state index is 0.0322. The van der Waals surface area contributed by atoms with Gasteiger partial charge in [-0.15, -0.1) is 0 Å². The molecule has 0 aliphatic carbocycles. The third-order valence-electron chi connectivity index (χ3n) is 1.85. The molecule has 70 valence electrons. The van der Waals surface area contributed by atoms with E-state index in [1.807, 2.05) is 6.07 Å². The van der Waals surface area contributed by atoms with Gasteiger partial charge >= 0.3 is 0 Å². The minimum atomic E-state index is -0.0322. The highest BCUT2D eigenvalue weighted by Gasteiger charge is 2.16. The summed E-state index contributed by atoms with van der Waals surface area (Å²) in [6, 6.07) is 3.54. The van der Waals surface area contributed by atoms with E-state index < -0.39 is 0 Å². The fourth-order valence-corrected chi connectivity index (χ4v) is 1.00. The third-order valence-corrected chi connectivity index (χ3v) is 1.85. The normalized spacial score (nSPS) is 11.3.